The summed E-state index contributed by atoms with van der Waals surface area (Å²) in [6.07, 6.45) is 0. The molecule has 0 aromatic carbocycles. The van der Waals surface area contributed by atoms with Gasteiger partial charge in [0.05, 0.1) is 13.1 Å². The molecule has 13 heteroatoms. The van der Waals surface area contributed by atoms with Gasteiger partial charge in [0.15, 0.2) is 5.37 Å². The maximum Gasteiger partial charge on any atom is 1.00 e. The Morgan fingerprint density at radius 2 is 1.44 bits per heavy atom. The van der Waals surface area contributed by atoms with E-state index in [1.54, 1.807) is 20.8 Å². The van der Waals surface area contributed by atoms with Crippen LogP contribution in [0.15, 0.2) is 36.5 Å². The summed E-state index contributed by atoms with van der Waals surface area (Å²) in [5, 5.41) is 11.3. The minimum Gasteiger partial charge on any atom is -0.545 e. The van der Waals surface area contributed by atoms with Gasteiger partial charge in [-0.1, -0.05) is 33.6 Å². The Morgan fingerprint density at radius 1 is 0.969 bits per heavy atom. The summed E-state index contributed by atoms with van der Waals surface area (Å²) in [6, 6.07) is 0. The van der Waals surface area contributed by atoms with Crippen LogP contribution < -0.4 is 40.0 Å². The topological polar surface area (TPSA) is 165 Å². The van der Waals surface area contributed by atoms with E-state index in [0.29, 0.717) is 5.57 Å². The van der Waals surface area contributed by atoms with Gasteiger partial charge in [0.25, 0.3) is 16.0 Å². The van der Waals surface area contributed by atoms with Crippen LogP contribution in [0.25, 0.3) is 0 Å². The minimum atomic E-state index is -4.00. The Balaban J connectivity index is -0.000000561. The van der Waals surface area contributed by atoms with Gasteiger partial charge in [-0.05, 0) is 12.8 Å². The van der Waals surface area contributed by atoms with Crippen LogP contribution in [0.5, 0.6) is 0 Å². The fourth-order valence-electron chi connectivity index (χ4n) is 1.60. The van der Waals surface area contributed by atoms with Crippen LogP contribution in [0.2, 0.25) is 0 Å². The molecule has 11 nitrogen and oxygen atoms in total. The molecule has 1 amide bonds. The first kappa shape index (κ1) is 34.6. The molecule has 0 bridgehead atoms. The van der Waals surface area contributed by atoms with Crippen molar-refractivity contribution in [3.63, 3.8) is 0 Å². The van der Waals surface area contributed by atoms with Crippen LogP contribution in [0.4, 0.5) is 0 Å². The molecule has 0 spiro atoms. The van der Waals surface area contributed by atoms with E-state index in [4.69, 9.17) is 0 Å². The first-order valence-corrected chi connectivity index (χ1v) is 10.2. The van der Waals surface area contributed by atoms with Crippen molar-refractivity contribution in [1.82, 2.24) is 5.32 Å². The van der Waals surface area contributed by atoms with E-state index in [9.17, 15) is 32.7 Å². The van der Waals surface area contributed by atoms with E-state index in [-0.39, 0.29) is 48.7 Å². The number of carbonyl (C=O) groups excluding carboxylic acids is 4. The summed E-state index contributed by atoms with van der Waals surface area (Å²) < 4.78 is 36.7. The van der Waals surface area contributed by atoms with Crippen LogP contribution in [0.3, 0.4) is 0 Å². The molecule has 0 aromatic rings. The molecular formula is C19H28NNaO10S. The molecule has 0 heterocycles. The number of esters is 2. The summed E-state index contributed by atoms with van der Waals surface area (Å²) >= 11 is 0. The van der Waals surface area contributed by atoms with Crippen LogP contribution in [0, 0.1) is 5.92 Å². The second-order valence-corrected chi connectivity index (χ2v) is 8.13. The Hall–Kier alpha value is -1.99. The molecule has 32 heavy (non-hydrogen) atoms. The summed E-state index contributed by atoms with van der Waals surface area (Å²) in [5.41, 5.74) is -0.760. The van der Waals surface area contributed by atoms with Crippen molar-refractivity contribution in [2.75, 3.05) is 20.3 Å². The van der Waals surface area contributed by atoms with Crippen LogP contribution in [0.1, 0.15) is 27.7 Å². The molecule has 0 radical (unpaired) electrons. The average molecular weight is 485 g/mol. The van der Waals surface area contributed by atoms with Crippen molar-refractivity contribution in [3.8, 4) is 0 Å². The third-order valence-corrected chi connectivity index (χ3v) is 5.03. The Morgan fingerprint density at radius 3 is 1.78 bits per heavy atom. The first-order chi connectivity index (χ1) is 14.1. The quantitative estimate of drug-likeness (QED) is 0.0778. The third kappa shape index (κ3) is 14.1. The zero-order valence-corrected chi connectivity index (χ0v) is 22.0. The maximum atomic E-state index is 11.7. The number of amides is 1. The van der Waals surface area contributed by atoms with Gasteiger partial charge < -0.3 is 24.7 Å². The zero-order valence-electron chi connectivity index (χ0n) is 19.2. The normalized spacial score (nSPS) is 10.9. The number of carboxylic acids is 1. The van der Waals surface area contributed by atoms with Crippen molar-refractivity contribution in [1.29, 1.82) is 0 Å². The molecule has 0 saturated carbocycles. The van der Waals surface area contributed by atoms with Gasteiger partial charge in [0.2, 0.25) is 0 Å². The van der Waals surface area contributed by atoms with Gasteiger partial charge in [-0.25, -0.2) is 4.79 Å². The van der Waals surface area contributed by atoms with E-state index < -0.39 is 50.4 Å². The van der Waals surface area contributed by atoms with Gasteiger partial charge in [0, 0.05) is 23.6 Å². The summed E-state index contributed by atoms with van der Waals surface area (Å²) in [6.45, 7) is 15.8. The molecule has 1 N–H and O–H groups in total. The molecular weight excluding hydrogens is 457 g/mol. The van der Waals surface area contributed by atoms with Crippen molar-refractivity contribution < 1.29 is 75.9 Å². The standard InChI is InChI=1S/C11H17NO6S.C8H12O4.Na/c1-6(2)10(19(16,17)18-5)12-9(13)7(3)8(4)11(14)15;1-6(2)8(10)12-5-4-11-7(3)9;/h6,10H,3-4H2,1-2,5H3,(H,12,13)(H,14,15);1,4-5H2,2-3H3;/q;;+1/p-1. The van der Waals surface area contributed by atoms with Crippen LogP contribution >= 0.6 is 0 Å². The molecule has 0 rings (SSSR count). The molecule has 0 aromatic heterocycles. The number of nitrogens with one attached hydrogen (secondary N) is 1. The van der Waals surface area contributed by atoms with E-state index in [1.807, 2.05) is 0 Å². The van der Waals surface area contributed by atoms with Gasteiger partial charge in [-0.2, -0.15) is 8.42 Å². The predicted octanol–water partition coefficient (Wildman–Crippen LogP) is -3.40. The largest absolute Gasteiger partial charge is 1.00 e. The van der Waals surface area contributed by atoms with Crippen molar-refractivity contribution in [3.05, 3.63) is 36.5 Å². The second-order valence-electron chi connectivity index (χ2n) is 6.30. The van der Waals surface area contributed by atoms with Crippen molar-refractivity contribution in [2.45, 2.75) is 33.1 Å². The van der Waals surface area contributed by atoms with E-state index in [0.717, 1.165) is 7.11 Å². The summed E-state index contributed by atoms with van der Waals surface area (Å²) in [5.74, 6) is -3.97. The second kappa shape index (κ2) is 16.6. The Kier molecular flexibility index (Phi) is 18.0. The summed E-state index contributed by atoms with van der Waals surface area (Å²) in [4.78, 5) is 43.2. The molecule has 0 fully saturated rings. The van der Waals surface area contributed by atoms with E-state index in [2.05, 4.69) is 38.7 Å². The number of carbonyl (C=O) groups is 4. The van der Waals surface area contributed by atoms with E-state index >= 15 is 0 Å². The molecule has 0 aliphatic carbocycles. The van der Waals surface area contributed by atoms with Gasteiger partial charge in [0.1, 0.15) is 13.2 Å². The fourth-order valence-corrected chi connectivity index (χ4v) is 2.72. The molecule has 0 saturated heterocycles. The number of aliphatic carboxylic acids is 1. The molecule has 1 unspecified atom stereocenters. The first-order valence-electron chi connectivity index (χ1n) is 8.74. The van der Waals surface area contributed by atoms with E-state index in [1.165, 1.54) is 6.92 Å². The number of ether oxygens (including phenoxy) is 2. The smallest absolute Gasteiger partial charge is 0.545 e. The van der Waals surface area contributed by atoms with Gasteiger partial charge in [-0.3, -0.25) is 13.8 Å². The molecule has 1 atom stereocenters. The maximum absolute atomic E-state index is 11.7. The predicted molar refractivity (Wildman–Crippen MR) is 108 cm³/mol. The monoisotopic (exact) mass is 485 g/mol. The number of hydrogen-bond acceptors (Lipinski definition) is 10. The van der Waals surface area contributed by atoms with Crippen molar-refractivity contribution in [2.24, 2.45) is 5.92 Å². The Labute approximate surface area is 210 Å². The zero-order chi connectivity index (χ0) is 24.9. The molecule has 176 valence electrons. The minimum absolute atomic E-state index is 0. The number of rotatable bonds is 11. The number of hydrogen-bond donors (Lipinski definition) is 1. The third-order valence-electron chi connectivity index (χ3n) is 3.28. The molecule has 0 aliphatic heterocycles. The number of carboxylic acid groups (broad SMARTS) is 1. The molecule has 0 aliphatic rings. The SMILES string of the molecule is C=C(C(=C)C(=O)NC(C(C)C)S(=O)(=O)OC)C(=O)[O-].C=C(C)C(=O)OCCOC(C)=O.[Na+]. The van der Waals surface area contributed by atoms with Gasteiger partial charge >= 0.3 is 41.5 Å². The fraction of sp³-hybridized carbons (Fsp3) is 0.474. The van der Waals surface area contributed by atoms with Crippen LogP contribution in [-0.4, -0.2) is 57.9 Å². The Bertz CT molecular complexity index is 833. The van der Waals surface area contributed by atoms with Gasteiger partial charge in [-0.15, -0.1) is 0 Å². The van der Waals surface area contributed by atoms with Crippen molar-refractivity contribution >= 4 is 33.9 Å². The van der Waals surface area contributed by atoms with Crippen LogP contribution in [-0.2, 0) is 43.0 Å². The summed E-state index contributed by atoms with van der Waals surface area (Å²) in [7, 11) is -3.04. The average Bonchev–Trinajstić information content (AvgIpc) is 2.67.